The first-order valence-corrected chi connectivity index (χ1v) is 5.74. The van der Waals surface area contributed by atoms with E-state index in [0.29, 0.717) is 13.1 Å². The first kappa shape index (κ1) is 10.2. The quantitative estimate of drug-likeness (QED) is 0.770. The summed E-state index contributed by atoms with van der Waals surface area (Å²) >= 11 is 1.62. The van der Waals surface area contributed by atoms with Crippen molar-refractivity contribution in [2.75, 3.05) is 13.1 Å². The number of urea groups is 1. The van der Waals surface area contributed by atoms with Crippen LogP contribution in [-0.4, -0.2) is 29.0 Å². The number of nitrogens with zero attached hydrogens (tertiary/aromatic N) is 2. The van der Waals surface area contributed by atoms with Gasteiger partial charge in [-0.25, -0.2) is 9.78 Å². The van der Waals surface area contributed by atoms with E-state index in [4.69, 9.17) is 0 Å². The van der Waals surface area contributed by atoms with Gasteiger partial charge >= 0.3 is 6.03 Å². The van der Waals surface area contributed by atoms with Crippen LogP contribution in [0.1, 0.15) is 10.6 Å². The monoisotopic (exact) mass is 223 g/mol. The number of carbonyl (C=O) groups excluding carboxylic acids is 1. The van der Waals surface area contributed by atoms with E-state index in [9.17, 15) is 4.79 Å². The molecule has 2 rings (SSSR count). The summed E-state index contributed by atoms with van der Waals surface area (Å²) in [5.74, 6) is 0. The molecule has 0 atom stereocenters. The Labute approximate surface area is 92.6 Å². The standard InChI is InChI=1S/C10H13N3OS/c1-2-4-11-10(14)13-5-3-8-9(6-13)15-7-12-8/h2,7H,1,3-6H2,(H,11,14). The van der Waals surface area contributed by atoms with Crippen molar-refractivity contribution in [1.29, 1.82) is 0 Å². The van der Waals surface area contributed by atoms with Crippen LogP contribution in [0.25, 0.3) is 0 Å². The number of fused-ring (bicyclic) bond motifs is 1. The summed E-state index contributed by atoms with van der Waals surface area (Å²) in [6, 6.07) is -0.0195. The van der Waals surface area contributed by atoms with E-state index in [0.717, 1.165) is 18.7 Å². The minimum absolute atomic E-state index is 0.0195. The number of aromatic nitrogens is 1. The molecule has 1 N–H and O–H groups in total. The molecule has 80 valence electrons. The molecule has 0 aromatic carbocycles. The lowest BCUT2D eigenvalue weighted by molar-refractivity contribution is 0.194. The van der Waals surface area contributed by atoms with Gasteiger partial charge in [0, 0.05) is 24.4 Å². The molecule has 15 heavy (non-hydrogen) atoms. The van der Waals surface area contributed by atoms with Crippen LogP contribution in [0.15, 0.2) is 18.2 Å². The van der Waals surface area contributed by atoms with E-state index in [1.54, 1.807) is 17.4 Å². The zero-order valence-corrected chi connectivity index (χ0v) is 9.22. The maximum Gasteiger partial charge on any atom is 0.317 e. The van der Waals surface area contributed by atoms with Gasteiger partial charge in [-0.1, -0.05) is 6.08 Å². The molecule has 0 radical (unpaired) electrons. The summed E-state index contributed by atoms with van der Waals surface area (Å²) in [4.78, 5) is 18.9. The molecule has 0 bridgehead atoms. The number of hydrogen-bond acceptors (Lipinski definition) is 3. The molecule has 0 unspecified atom stereocenters. The molecule has 2 amide bonds. The van der Waals surface area contributed by atoms with Crippen LogP contribution in [0.3, 0.4) is 0 Å². The molecule has 0 saturated heterocycles. The zero-order chi connectivity index (χ0) is 10.7. The van der Waals surface area contributed by atoms with Crippen LogP contribution in [-0.2, 0) is 13.0 Å². The van der Waals surface area contributed by atoms with Crippen molar-refractivity contribution >= 4 is 17.4 Å². The van der Waals surface area contributed by atoms with Crippen molar-refractivity contribution in [3.8, 4) is 0 Å². The molecule has 0 saturated carbocycles. The highest BCUT2D eigenvalue weighted by atomic mass is 32.1. The third-order valence-electron chi connectivity index (χ3n) is 2.36. The highest BCUT2D eigenvalue weighted by Gasteiger charge is 2.21. The molecule has 1 aliphatic heterocycles. The van der Waals surface area contributed by atoms with Gasteiger partial charge in [-0.3, -0.25) is 0 Å². The predicted octanol–water partition coefficient (Wildman–Crippen LogP) is 1.40. The molecule has 0 aliphatic carbocycles. The van der Waals surface area contributed by atoms with Gasteiger partial charge < -0.3 is 10.2 Å². The summed E-state index contributed by atoms with van der Waals surface area (Å²) in [6.07, 6.45) is 2.54. The lowest BCUT2D eigenvalue weighted by Gasteiger charge is -2.26. The second-order valence-electron chi connectivity index (χ2n) is 3.37. The molecule has 2 heterocycles. The van der Waals surface area contributed by atoms with Gasteiger partial charge in [-0.15, -0.1) is 17.9 Å². The molecule has 0 spiro atoms. The van der Waals surface area contributed by atoms with Crippen molar-refractivity contribution in [2.45, 2.75) is 13.0 Å². The SMILES string of the molecule is C=CCNC(=O)N1CCc2ncsc2C1. The highest BCUT2D eigenvalue weighted by Crippen LogP contribution is 2.21. The van der Waals surface area contributed by atoms with E-state index >= 15 is 0 Å². The fourth-order valence-electron chi connectivity index (χ4n) is 1.56. The number of rotatable bonds is 2. The first-order chi connectivity index (χ1) is 7.31. The summed E-state index contributed by atoms with van der Waals surface area (Å²) in [5.41, 5.74) is 2.99. The first-order valence-electron chi connectivity index (χ1n) is 4.86. The fourth-order valence-corrected chi connectivity index (χ4v) is 2.39. The average Bonchev–Trinajstić information content (AvgIpc) is 2.72. The minimum atomic E-state index is -0.0195. The Hall–Kier alpha value is -1.36. The summed E-state index contributed by atoms with van der Waals surface area (Å²) < 4.78 is 0. The predicted molar refractivity (Wildman–Crippen MR) is 59.8 cm³/mol. The van der Waals surface area contributed by atoms with Gasteiger partial charge in [0.15, 0.2) is 0 Å². The van der Waals surface area contributed by atoms with Crippen LogP contribution in [0.4, 0.5) is 4.79 Å². The molecule has 4 nitrogen and oxygen atoms in total. The normalized spacial score (nSPS) is 14.5. The van der Waals surface area contributed by atoms with Crippen molar-refractivity contribution in [3.05, 3.63) is 28.7 Å². The largest absolute Gasteiger partial charge is 0.335 e. The molecule has 0 fully saturated rings. The Morgan fingerprint density at radius 1 is 1.80 bits per heavy atom. The molecule has 1 aromatic heterocycles. The number of thiazole rings is 1. The minimum Gasteiger partial charge on any atom is -0.335 e. The van der Waals surface area contributed by atoms with Gasteiger partial charge in [0.2, 0.25) is 0 Å². The molecular formula is C10H13N3OS. The van der Waals surface area contributed by atoms with E-state index < -0.39 is 0 Å². The van der Waals surface area contributed by atoms with Gasteiger partial charge in [0.25, 0.3) is 0 Å². The number of nitrogens with one attached hydrogen (secondary N) is 1. The van der Waals surface area contributed by atoms with E-state index in [-0.39, 0.29) is 6.03 Å². The Morgan fingerprint density at radius 3 is 3.47 bits per heavy atom. The molecular weight excluding hydrogens is 210 g/mol. The third kappa shape index (κ3) is 2.18. The van der Waals surface area contributed by atoms with Gasteiger partial charge in [0.05, 0.1) is 17.7 Å². The highest BCUT2D eigenvalue weighted by molar-refractivity contribution is 7.09. The third-order valence-corrected chi connectivity index (χ3v) is 3.22. The smallest absolute Gasteiger partial charge is 0.317 e. The second kappa shape index (κ2) is 4.44. The Bertz CT molecular complexity index is 374. The van der Waals surface area contributed by atoms with E-state index in [1.807, 2.05) is 10.4 Å². The maximum atomic E-state index is 11.6. The van der Waals surface area contributed by atoms with Gasteiger partial charge in [-0.05, 0) is 0 Å². The Morgan fingerprint density at radius 2 is 2.67 bits per heavy atom. The van der Waals surface area contributed by atoms with Crippen molar-refractivity contribution < 1.29 is 4.79 Å². The van der Waals surface area contributed by atoms with Gasteiger partial charge in [0.1, 0.15) is 0 Å². The average molecular weight is 223 g/mol. The Kier molecular flexibility index (Phi) is 3.01. The van der Waals surface area contributed by atoms with Crippen LogP contribution < -0.4 is 5.32 Å². The summed E-state index contributed by atoms with van der Waals surface area (Å²) in [5, 5.41) is 2.78. The van der Waals surface area contributed by atoms with Crippen molar-refractivity contribution in [2.24, 2.45) is 0 Å². The molecule has 1 aromatic rings. The van der Waals surface area contributed by atoms with Crippen LogP contribution in [0.2, 0.25) is 0 Å². The van der Waals surface area contributed by atoms with E-state index in [1.165, 1.54) is 4.88 Å². The Balaban J connectivity index is 1.97. The van der Waals surface area contributed by atoms with Gasteiger partial charge in [-0.2, -0.15) is 0 Å². The lowest BCUT2D eigenvalue weighted by Crippen LogP contribution is -2.42. The topological polar surface area (TPSA) is 45.2 Å². The lowest BCUT2D eigenvalue weighted by atomic mass is 10.2. The maximum absolute atomic E-state index is 11.6. The summed E-state index contributed by atoms with van der Waals surface area (Å²) in [6.45, 7) is 5.52. The number of carbonyl (C=O) groups is 1. The zero-order valence-electron chi connectivity index (χ0n) is 8.40. The van der Waals surface area contributed by atoms with Crippen LogP contribution in [0, 0.1) is 0 Å². The van der Waals surface area contributed by atoms with Crippen molar-refractivity contribution in [1.82, 2.24) is 15.2 Å². The van der Waals surface area contributed by atoms with Crippen LogP contribution >= 0.6 is 11.3 Å². The van der Waals surface area contributed by atoms with Crippen molar-refractivity contribution in [3.63, 3.8) is 0 Å². The molecule has 1 aliphatic rings. The summed E-state index contributed by atoms with van der Waals surface area (Å²) in [7, 11) is 0. The number of hydrogen-bond donors (Lipinski definition) is 1. The number of amides is 2. The molecule has 5 heteroatoms. The van der Waals surface area contributed by atoms with Crippen LogP contribution in [0.5, 0.6) is 0 Å². The second-order valence-corrected chi connectivity index (χ2v) is 4.31. The fraction of sp³-hybridized carbons (Fsp3) is 0.400. The van der Waals surface area contributed by atoms with E-state index in [2.05, 4.69) is 16.9 Å².